The fourth-order valence-corrected chi connectivity index (χ4v) is 1.12. The number of rotatable bonds is 6. The Balaban J connectivity index is 3.54. The van der Waals surface area contributed by atoms with E-state index in [4.69, 9.17) is 5.11 Å². The number of unbranched alkanes of at least 4 members (excludes halogenated alkanes) is 1. The van der Waals surface area contributed by atoms with Gasteiger partial charge < -0.3 is 10.0 Å². The minimum absolute atomic E-state index is 0.186. The average Bonchev–Trinajstić information content (AvgIpc) is 2.07. The van der Waals surface area contributed by atoms with E-state index in [1.165, 1.54) is 0 Å². The van der Waals surface area contributed by atoms with Gasteiger partial charge in [-0.2, -0.15) is 0 Å². The van der Waals surface area contributed by atoms with E-state index in [1.54, 1.807) is 0 Å². The lowest BCUT2D eigenvalue weighted by Gasteiger charge is -2.18. The van der Waals surface area contributed by atoms with E-state index in [1.807, 2.05) is 18.7 Å². The van der Waals surface area contributed by atoms with Crippen LogP contribution in [0.4, 0.5) is 0 Å². The quantitative estimate of drug-likeness (QED) is 0.609. The zero-order valence-electron chi connectivity index (χ0n) is 8.05. The lowest BCUT2D eigenvalue weighted by atomic mass is 10.2. The molecule has 0 spiro atoms. The van der Waals surface area contributed by atoms with Gasteiger partial charge in [-0.1, -0.05) is 0 Å². The van der Waals surface area contributed by atoms with Crippen molar-refractivity contribution in [2.75, 3.05) is 19.7 Å². The van der Waals surface area contributed by atoms with E-state index in [2.05, 4.69) is 0 Å². The third-order valence-electron chi connectivity index (χ3n) is 1.91. The van der Waals surface area contributed by atoms with Crippen LogP contribution in [-0.2, 0) is 4.79 Å². The first-order valence-electron chi connectivity index (χ1n) is 4.64. The van der Waals surface area contributed by atoms with Crippen LogP contribution in [0.5, 0.6) is 0 Å². The first-order valence-corrected chi connectivity index (χ1v) is 4.64. The Morgan fingerprint density at radius 3 is 2.25 bits per heavy atom. The van der Waals surface area contributed by atoms with Crippen molar-refractivity contribution in [3.8, 4) is 0 Å². The van der Waals surface area contributed by atoms with Gasteiger partial charge in [-0.05, 0) is 26.7 Å². The molecule has 1 amide bonds. The summed E-state index contributed by atoms with van der Waals surface area (Å²) in [7, 11) is 0. The highest BCUT2D eigenvalue weighted by molar-refractivity contribution is 5.75. The summed E-state index contributed by atoms with van der Waals surface area (Å²) in [6.45, 7) is 5.72. The molecule has 0 rings (SSSR count). The monoisotopic (exact) mass is 173 g/mol. The molecule has 0 aromatic heterocycles. The smallest absolute Gasteiger partial charge is 0.222 e. The van der Waals surface area contributed by atoms with Crippen molar-refractivity contribution in [1.29, 1.82) is 0 Å². The maximum Gasteiger partial charge on any atom is 0.222 e. The number of aliphatic hydroxyl groups is 1. The fourth-order valence-electron chi connectivity index (χ4n) is 1.12. The van der Waals surface area contributed by atoms with Crippen LogP contribution in [0.2, 0.25) is 0 Å². The number of carbonyl (C=O) groups excluding carboxylic acids is 1. The third-order valence-corrected chi connectivity index (χ3v) is 1.91. The lowest BCUT2D eigenvalue weighted by Crippen LogP contribution is -2.30. The summed E-state index contributed by atoms with van der Waals surface area (Å²) in [5.41, 5.74) is 0. The van der Waals surface area contributed by atoms with E-state index in [-0.39, 0.29) is 12.5 Å². The van der Waals surface area contributed by atoms with Crippen LogP contribution in [0.3, 0.4) is 0 Å². The molecule has 0 aliphatic rings. The fraction of sp³-hybridized carbons (Fsp3) is 0.889. The Labute approximate surface area is 74.4 Å². The molecule has 3 heteroatoms. The standard InChI is InChI=1S/C9H19NO2/c1-3-10(4-2)9(12)7-5-6-8-11/h11H,3-8H2,1-2H3. The molecule has 0 saturated carbocycles. The summed E-state index contributed by atoms with van der Waals surface area (Å²) in [6.07, 6.45) is 2.10. The maximum absolute atomic E-state index is 11.3. The Hall–Kier alpha value is -0.570. The zero-order chi connectivity index (χ0) is 9.40. The van der Waals surface area contributed by atoms with Gasteiger partial charge in [0.15, 0.2) is 0 Å². The molecule has 0 aromatic carbocycles. The van der Waals surface area contributed by atoms with Crippen LogP contribution < -0.4 is 0 Å². The molecule has 0 bridgehead atoms. The minimum Gasteiger partial charge on any atom is -0.396 e. The van der Waals surface area contributed by atoms with Gasteiger partial charge >= 0.3 is 0 Å². The molecule has 0 radical (unpaired) electrons. The minimum atomic E-state index is 0.186. The average molecular weight is 173 g/mol. The van der Waals surface area contributed by atoms with Gasteiger partial charge in [0.05, 0.1) is 0 Å². The number of hydrogen-bond acceptors (Lipinski definition) is 2. The number of hydrogen-bond donors (Lipinski definition) is 1. The van der Waals surface area contributed by atoms with Crippen molar-refractivity contribution in [2.24, 2.45) is 0 Å². The molecule has 0 saturated heterocycles. The van der Waals surface area contributed by atoms with Crippen LogP contribution in [0.25, 0.3) is 0 Å². The van der Waals surface area contributed by atoms with E-state index >= 15 is 0 Å². The Morgan fingerprint density at radius 1 is 1.25 bits per heavy atom. The van der Waals surface area contributed by atoms with Crippen LogP contribution >= 0.6 is 0 Å². The Kier molecular flexibility index (Phi) is 6.76. The van der Waals surface area contributed by atoms with E-state index in [0.29, 0.717) is 6.42 Å². The van der Waals surface area contributed by atoms with Gasteiger partial charge in [-0.15, -0.1) is 0 Å². The predicted octanol–water partition coefficient (Wildman–Crippen LogP) is 1.02. The van der Waals surface area contributed by atoms with Crippen LogP contribution in [0, 0.1) is 0 Å². The lowest BCUT2D eigenvalue weighted by molar-refractivity contribution is -0.130. The highest BCUT2D eigenvalue weighted by Crippen LogP contribution is 1.99. The number of amides is 1. The van der Waals surface area contributed by atoms with Crippen LogP contribution in [0.1, 0.15) is 33.1 Å². The normalized spacial score (nSPS) is 9.92. The number of carbonyl (C=O) groups is 1. The first-order chi connectivity index (χ1) is 5.76. The largest absolute Gasteiger partial charge is 0.396 e. The number of aliphatic hydroxyl groups excluding tert-OH is 1. The van der Waals surface area contributed by atoms with Crippen molar-refractivity contribution < 1.29 is 9.90 Å². The molecule has 72 valence electrons. The number of nitrogens with zero attached hydrogens (tertiary/aromatic N) is 1. The molecular weight excluding hydrogens is 154 g/mol. The van der Waals surface area contributed by atoms with Crippen molar-refractivity contribution >= 4 is 5.91 Å². The van der Waals surface area contributed by atoms with Gasteiger partial charge in [0.2, 0.25) is 5.91 Å². The highest BCUT2D eigenvalue weighted by Gasteiger charge is 2.07. The predicted molar refractivity (Wildman–Crippen MR) is 48.9 cm³/mol. The Morgan fingerprint density at radius 2 is 1.83 bits per heavy atom. The highest BCUT2D eigenvalue weighted by atomic mass is 16.2. The van der Waals surface area contributed by atoms with Gasteiger partial charge in [0.25, 0.3) is 0 Å². The van der Waals surface area contributed by atoms with Crippen molar-refractivity contribution in [3.05, 3.63) is 0 Å². The van der Waals surface area contributed by atoms with Crippen molar-refractivity contribution in [3.63, 3.8) is 0 Å². The topological polar surface area (TPSA) is 40.5 Å². The molecular formula is C9H19NO2. The molecule has 0 aromatic rings. The molecule has 0 atom stereocenters. The molecule has 0 aliphatic heterocycles. The second kappa shape index (κ2) is 7.10. The third kappa shape index (κ3) is 4.34. The summed E-state index contributed by atoms with van der Waals surface area (Å²) in [6, 6.07) is 0. The molecule has 12 heavy (non-hydrogen) atoms. The first kappa shape index (κ1) is 11.4. The van der Waals surface area contributed by atoms with Crippen molar-refractivity contribution in [2.45, 2.75) is 33.1 Å². The summed E-state index contributed by atoms with van der Waals surface area (Å²) < 4.78 is 0. The SMILES string of the molecule is CCN(CC)C(=O)CCCCO. The molecule has 0 fully saturated rings. The molecule has 1 N–H and O–H groups in total. The molecule has 0 aliphatic carbocycles. The zero-order valence-corrected chi connectivity index (χ0v) is 8.05. The van der Waals surface area contributed by atoms with E-state index in [0.717, 1.165) is 25.9 Å². The van der Waals surface area contributed by atoms with Crippen molar-refractivity contribution in [1.82, 2.24) is 4.90 Å². The van der Waals surface area contributed by atoms with Gasteiger partial charge in [0, 0.05) is 26.1 Å². The second-order valence-electron chi connectivity index (χ2n) is 2.75. The van der Waals surface area contributed by atoms with Gasteiger partial charge in [-0.3, -0.25) is 4.79 Å². The van der Waals surface area contributed by atoms with Crippen LogP contribution in [-0.4, -0.2) is 35.6 Å². The summed E-state index contributed by atoms with van der Waals surface area (Å²) in [4.78, 5) is 13.1. The summed E-state index contributed by atoms with van der Waals surface area (Å²) in [5.74, 6) is 0.202. The summed E-state index contributed by atoms with van der Waals surface area (Å²) >= 11 is 0. The van der Waals surface area contributed by atoms with E-state index < -0.39 is 0 Å². The maximum atomic E-state index is 11.3. The van der Waals surface area contributed by atoms with E-state index in [9.17, 15) is 4.79 Å². The summed E-state index contributed by atoms with van der Waals surface area (Å²) in [5, 5.41) is 8.51. The molecule has 3 nitrogen and oxygen atoms in total. The Bertz CT molecular complexity index is 122. The van der Waals surface area contributed by atoms with Gasteiger partial charge in [-0.25, -0.2) is 0 Å². The second-order valence-corrected chi connectivity index (χ2v) is 2.75. The molecule has 0 unspecified atom stereocenters. The van der Waals surface area contributed by atoms with Gasteiger partial charge in [0.1, 0.15) is 0 Å². The van der Waals surface area contributed by atoms with Crippen LogP contribution in [0.15, 0.2) is 0 Å². The molecule has 0 heterocycles.